The first-order valence-corrected chi connectivity index (χ1v) is 19.8. The van der Waals surface area contributed by atoms with Gasteiger partial charge in [-0.2, -0.15) is 0 Å². The van der Waals surface area contributed by atoms with Crippen LogP contribution in [0.4, 0.5) is 0 Å². The van der Waals surface area contributed by atoms with Crippen molar-refractivity contribution in [1.82, 2.24) is 10.0 Å². The fourth-order valence-electron chi connectivity index (χ4n) is 4.66. The Kier molecular flexibility index (Phi) is 10.9. The molecule has 8 heteroatoms. The number of rotatable bonds is 14. The number of aliphatic carboxylic acids is 1. The Morgan fingerprint density at radius 3 is 1.73 bits per heavy atom. The van der Waals surface area contributed by atoms with Gasteiger partial charge in [0.15, 0.2) is 0 Å². The fraction of sp³-hybridized carbons (Fsp3) is 0.600. The van der Waals surface area contributed by atoms with Crippen LogP contribution in [0.3, 0.4) is 0 Å². The second kappa shape index (κ2) is 13.1. The zero-order valence-corrected chi connectivity index (χ0v) is 23.1. The van der Waals surface area contributed by atoms with Crippen molar-refractivity contribution in [1.29, 1.82) is 0 Å². The van der Waals surface area contributed by atoms with Crippen LogP contribution in [0.25, 0.3) is 0 Å². The summed E-state index contributed by atoms with van der Waals surface area (Å²) in [5.41, 5.74) is 0.300. The molecule has 1 aliphatic heterocycles. The van der Waals surface area contributed by atoms with E-state index in [-0.39, 0.29) is 12.8 Å². The molecule has 0 atom stereocenters. The molecule has 182 valence electrons. The van der Waals surface area contributed by atoms with Crippen molar-refractivity contribution in [2.45, 2.75) is 85.4 Å². The Bertz CT molecular complexity index is 802. The summed E-state index contributed by atoms with van der Waals surface area (Å²) in [6.07, 6.45) is 7.21. The maximum atomic E-state index is 13.2. The summed E-state index contributed by atoms with van der Waals surface area (Å²) < 4.78 is 5.33. The van der Waals surface area contributed by atoms with Gasteiger partial charge in [0.2, 0.25) is 0 Å². The topological polar surface area (TPSA) is 95.0 Å². The van der Waals surface area contributed by atoms with Gasteiger partial charge >= 0.3 is 202 Å². The van der Waals surface area contributed by atoms with E-state index in [4.69, 9.17) is 0 Å². The molecule has 1 aliphatic rings. The van der Waals surface area contributed by atoms with E-state index in [0.29, 0.717) is 10.6 Å². The van der Waals surface area contributed by atoms with E-state index in [9.17, 15) is 24.3 Å². The second-order valence-corrected chi connectivity index (χ2v) is 22.3. The number of amides is 3. The quantitative estimate of drug-likeness (QED) is 0.268. The predicted octanol–water partition coefficient (Wildman–Crippen LogP) is 4.33. The Balaban J connectivity index is 2.36. The number of benzene rings is 1. The molecule has 0 aromatic heterocycles. The number of carboxylic acid groups (broad SMARTS) is 1. The molecule has 0 spiro atoms. The molecule has 1 aromatic carbocycles. The Hall–Kier alpha value is -1.90. The SMILES string of the molecule is CCC[CH2][Sn]([CH2]CCC)([CH2]CCC)[c]1ccc(C(=O)N(CC(=O)O)N2C(=O)CCC2=O)cc1. The number of carboxylic acids is 1. The van der Waals surface area contributed by atoms with Crippen LogP contribution < -0.4 is 3.58 Å². The third-order valence-electron chi connectivity index (χ3n) is 6.56. The molecule has 7 nitrogen and oxygen atoms in total. The molecule has 3 amide bonds. The molecule has 2 rings (SSSR count). The van der Waals surface area contributed by atoms with Crippen LogP contribution in [-0.2, 0) is 14.4 Å². The number of hydrogen-bond donors (Lipinski definition) is 1. The summed E-state index contributed by atoms with van der Waals surface area (Å²) in [7, 11) is 0. The molecule has 1 heterocycles. The number of hydrogen-bond acceptors (Lipinski definition) is 4. The molecule has 1 saturated heterocycles. The zero-order chi connectivity index (χ0) is 24.4. The summed E-state index contributed by atoms with van der Waals surface area (Å²) in [6.45, 7) is 5.97. The molecule has 0 aliphatic carbocycles. The van der Waals surface area contributed by atoms with Gasteiger partial charge in [-0.25, -0.2) is 0 Å². The van der Waals surface area contributed by atoms with E-state index >= 15 is 0 Å². The van der Waals surface area contributed by atoms with Gasteiger partial charge in [-0.05, 0) is 0 Å². The first-order valence-electron chi connectivity index (χ1n) is 12.3. The van der Waals surface area contributed by atoms with Crippen LogP contribution >= 0.6 is 0 Å². The summed E-state index contributed by atoms with van der Waals surface area (Å²) in [5, 5.41) is 10.8. The average Bonchev–Trinajstić information content (AvgIpc) is 3.14. The van der Waals surface area contributed by atoms with E-state index in [1.165, 1.54) is 55.4 Å². The Labute approximate surface area is 201 Å². The minimum atomic E-state index is -2.65. The second-order valence-electron chi connectivity index (χ2n) is 9.02. The van der Waals surface area contributed by atoms with Crippen LogP contribution in [0.1, 0.15) is 82.5 Å². The van der Waals surface area contributed by atoms with Crippen molar-refractivity contribution in [3.8, 4) is 0 Å². The number of carbonyl (C=O) groups is 4. The van der Waals surface area contributed by atoms with Crippen LogP contribution in [-0.4, -0.2) is 63.7 Å². The molecular weight excluding hydrogens is 527 g/mol. The molecule has 1 fully saturated rings. The van der Waals surface area contributed by atoms with Crippen molar-refractivity contribution >= 4 is 45.6 Å². The minimum absolute atomic E-state index is 0.00948. The van der Waals surface area contributed by atoms with Crippen LogP contribution in [0.2, 0.25) is 13.3 Å². The van der Waals surface area contributed by atoms with Gasteiger partial charge in [-0.15, -0.1) is 0 Å². The predicted molar refractivity (Wildman–Crippen MR) is 131 cm³/mol. The normalized spacial score (nSPS) is 14.1. The van der Waals surface area contributed by atoms with Gasteiger partial charge < -0.3 is 0 Å². The number of nitrogens with zero attached hydrogens (tertiary/aromatic N) is 2. The van der Waals surface area contributed by atoms with E-state index in [2.05, 4.69) is 32.9 Å². The molecule has 0 unspecified atom stereocenters. The van der Waals surface area contributed by atoms with Crippen LogP contribution in [0, 0.1) is 0 Å². The van der Waals surface area contributed by atoms with E-state index < -0.39 is 48.6 Å². The summed E-state index contributed by atoms with van der Waals surface area (Å²) in [6, 6.07) is 7.65. The summed E-state index contributed by atoms with van der Waals surface area (Å²) in [5.74, 6) is -2.99. The first kappa shape index (κ1) is 27.3. The van der Waals surface area contributed by atoms with Gasteiger partial charge in [0.1, 0.15) is 0 Å². The standard InChI is InChI=1S/C13H11N2O5.3C4H9.Sn/c16-10-6-7-11(17)15(10)14(8-12(18)19)13(20)9-4-2-1-3-5-9;3*1-3-4-2;/h2-5H,6-8H2,(H,18,19);3*1,3-4H2,2H3;. The van der Waals surface area contributed by atoms with Gasteiger partial charge in [0.05, 0.1) is 0 Å². The van der Waals surface area contributed by atoms with Gasteiger partial charge in [-0.1, -0.05) is 0 Å². The number of imide groups is 1. The first-order chi connectivity index (χ1) is 15.8. The summed E-state index contributed by atoms with van der Waals surface area (Å²) in [4.78, 5) is 48.9. The maximum absolute atomic E-state index is 13.2. The van der Waals surface area contributed by atoms with E-state index in [1.807, 2.05) is 0 Å². The third-order valence-corrected chi connectivity index (χ3v) is 22.2. The van der Waals surface area contributed by atoms with E-state index in [1.54, 1.807) is 12.1 Å². The van der Waals surface area contributed by atoms with Crippen molar-refractivity contribution in [2.24, 2.45) is 0 Å². The van der Waals surface area contributed by atoms with Crippen molar-refractivity contribution < 1.29 is 24.3 Å². The van der Waals surface area contributed by atoms with Crippen LogP contribution in [0.5, 0.6) is 0 Å². The molecule has 33 heavy (non-hydrogen) atoms. The van der Waals surface area contributed by atoms with Gasteiger partial charge in [0, 0.05) is 0 Å². The molecule has 1 aromatic rings. The molecule has 0 bridgehead atoms. The van der Waals surface area contributed by atoms with Crippen molar-refractivity contribution in [3.05, 3.63) is 29.8 Å². The molecule has 0 radical (unpaired) electrons. The molecule has 0 saturated carbocycles. The average molecular weight is 565 g/mol. The number of unbranched alkanes of at least 4 members (excludes halogenated alkanes) is 3. The zero-order valence-electron chi connectivity index (χ0n) is 20.3. The third kappa shape index (κ3) is 7.04. The van der Waals surface area contributed by atoms with Crippen molar-refractivity contribution in [3.63, 3.8) is 0 Å². The Morgan fingerprint density at radius 1 is 0.879 bits per heavy atom. The summed E-state index contributed by atoms with van der Waals surface area (Å²) >= 11 is -2.65. The molecular formula is C25H38N2O5Sn. The van der Waals surface area contributed by atoms with Crippen LogP contribution in [0.15, 0.2) is 24.3 Å². The van der Waals surface area contributed by atoms with Gasteiger partial charge in [0.25, 0.3) is 0 Å². The van der Waals surface area contributed by atoms with E-state index in [0.717, 1.165) is 5.01 Å². The van der Waals surface area contributed by atoms with Crippen molar-refractivity contribution in [2.75, 3.05) is 6.54 Å². The fourth-order valence-corrected chi connectivity index (χ4v) is 20.6. The number of hydrazine groups is 1. The van der Waals surface area contributed by atoms with Gasteiger partial charge in [-0.3, -0.25) is 0 Å². The number of carbonyl (C=O) groups excluding carboxylic acids is 3. The molecule has 1 N–H and O–H groups in total. The monoisotopic (exact) mass is 566 g/mol. The Morgan fingerprint density at radius 2 is 1.33 bits per heavy atom.